The van der Waals surface area contributed by atoms with Crippen molar-refractivity contribution >= 4 is 21.7 Å². The van der Waals surface area contributed by atoms with Crippen molar-refractivity contribution in [3.8, 4) is 12.1 Å². The second-order valence-corrected chi connectivity index (χ2v) is 2.57. The topological polar surface area (TPSA) is 99.4 Å². The number of nitriles is 2. The molecule has 12 heavy (non-hydrogen) atoms. The van der Waals surface area contributed by atoms with Gasteiger partial charge in [-0.2, -0.15) is 10.5 Å². The van der Waals surface area contributed by atoms with Gasteiger partial charge in [0.2, 0.25) is 0 Å². The van der Waals surface area contributed by atoms with Crippen LogP contribution in [0.2, 0.25) is 0 Å². The fourth-order valence-electron chi connectivity index (χ4n) is 0.581. The van der Waals surface area contributed by atoms with Crippen LogP contribution in [0.1, 0.15) is 11.4 Å². The predicted molar refractivity (Wildman–Crippen MR) is 43.6 cm³/mol. The highest BCUT2D eigenvalue weighted by molar-refractivity contribution is 9.10. The van der Waals surface area contributed by atoms with Crippen molar-refractivity contribution in [1.29, 1.82) is 10.5 Å². The summed E-state index contributed by atoms with van der Waals surface area (Å²) in [6, 6.07) is 3.53. The Morgan fingerprint density at radius 3 is 2.25 bits per heavy atom. The zero-order valence-corrected chi connectivity index (χ0v) is 7.33. The van der Waals surface area contributed by atoms with Crippen LogP contribution in [0.4, 0.5) is 5.82 Å². The number of nitrogen functional groups attached to an aromatic ring is 1. The Balaban J connectivity index is 3.41. The maximum absolute atomic E-state index is 8.49. The summed E-state index contributed by atoms with van der Waals surface area (Å²) in [5, 5.41) is 17.0. The minimum Gasteiger partial charge on any atom is -0.381 e. The van der Waals surface area contributed by atoms with Gasteiger partial charge in [0.1, 0.15) is 16.7 Å². The molecular formula is C6H2BrN5. The van der Waals surface area contributed by atoms with Crippen molar-refractivity contribution < 1.29 is 0 Å². The second kappa shape index (κ2) is 3.16. The third-order valence-electron chi connectivity index (χ3n) is 1.09. The summed E-state index contributed by atoms with van der Waals surface area (Å²) in [5.41, 5.74) is 5.40. The molecule has 1 aromatic heterocycles. The average Bonchev–Trinajstić information content (AvgIpc) is 2.08. The molecule has 0 fully saturated rings. The van der Waals surface area contributed by atoms with Gasteiger partial charge < -0.3 is 5.73 Å². The lowest BCUT2D eigenvalue weighted by molar-refractivity contribution is 1.11. The fraction of sp³-hybridized carbons (Fsp3) is 0. The molecule has 0 aliphatic heterocycles. The molecular weight excluding hydrogens is 222 g/mol. The van der Waals surface area contributed by atoms with Crippen molar-refractivity contribution in [3.63, 3.8) is 0 Å². The summed E-state index contributed by atoms with van der Waals surface area (Å²) in [7, 11) is 0. The van der Waals surface area contributed by atoms with E-state index in [0.717, 1.165) is 0 Å². The number of anilines is 1. The third-order valence-corrected chi connectivity index (χ3v) is 1.64. The molecule has 0 atom stereocenters. The maximum atomic E-state index is 8.49. The van der Waals surface area contributed by atoms with Crippen molar-refractivity contribution in [1.82, 2.24) is 9.97 Å². The first-order valence-electron chi connectivity index (χ1n) is 2.82. The molecule has 0 saturated heterocycles. The molecule has 0 aliphatic carbocycles. The van der Waals surface area contributed by atoms with Gasteiger partial charge in [-0.05, 0) is 15.9 Å². The largest absolute Gasteiger partial charge is 0.381 e. The van der Waals surface area contributed by atoms with Crippen LogP contribution in [0.5, 0.6) is 0 Å². The number of hydrogen-bond donors (Lipinski definition) is 1. The predicted octanol–water partition coefficient (Wildman–Crippen LogP) is 0.565. The number of aromatic nitrogens is 2. The lowest BCUT2D eigenvalue weighted by atomic mass is 10.4. The van der Waals surface area contributed by atoms with Gasteiger partial charge in [0.25, 0.3) is 0 Å². The standard InChI is InChI=1S/C6H2BrN5/c7-5-3(1-8)12-6(10)4(2-9)11-5/h(H2,10,12). The molecule has 0 aliphatic rings. The molecule has 0 radical (unpaired) electrons. The van der Waals surface area contributed by atoms with Crippen LogP contribution >= 0.6 is 15.9 Å². The molecule has 0 bridgehead atoms. The van der Waals surface area contributed by atoms with E-state index < -0.39 is 0 Å². The molecule has 1 aromatic rings. The molecule has 58 valence electrons. The Morgan fingerprint density at radius 2 is 1.75 bits per heavy atom. The monoisotopic (exact) mass is 223 g/mol. The van der Waals surface area contributed by atoms with Gasteiger partial charge in [0.05, 0.1) is 0 Å². The first kappa shape index (κ1) is 8.44. The molecule has 0 unspecified atom stereocenters. The summed E-state index contributed by atoms with van der Waals surface area (Å²) < 4.78 is 0.232. The van der Waals surface area contributed by atoms with E-state index in [9.17, 15) is 0 Å². The summed E-state index contributed by atoms with van der Waals surface area (Å²) in [6.45, 7) is 0. The first-order chi connectivity index (χ1) is 5.69. The van der Waals surface area contributed by atoms with E-state index in [1.54, 1.807) is 12.1 Å². The normalized spacial score (nSPS) is 8.58. The van der Waals surface area contributed by atoms with Crippen LogP contribution in [0.15, 0.2) is 4.60 Å². The molecule has 2 N–H and O–H groups in total. The Bertz CT molecular complexity index is 360. The van der Waals surface area contributed by atoms with Gasteiger partial charge in [-0.1, -0.05) is 0 Å². The van der Waals surface area contributed by atoms with Crippen LogP contribution in [0.3, 0.4) is 0 Å². The van der Waals surface area contributed by atoms with E-state index in [4.69, 9.17) is 16.3 Å². The minimum atomic E-state index is -0.0303. The Morgan fingerprint density at radius 1 is 1.17 bits per heavy atom. The van der Waals surface area contributed by atoms with E-state index in [1.807, 2.05) is 0 Å². The zero-order chi connectivity index (χ0) is 9.14. The highest BCUT2D eigenvalue weighted by atomic mass is 79.9. The smallest absolute Gasteiger partial charge is 0.183 e. The Labute approximate surface area is 76.6 Å². The molecule has 0 spiro atoms. The quantitative estimate of drug-likeness (QED) is 0.694. The van der Waals surface area contributed by atoms with Gasteiger partial charge in [0.15, 0.2) is 17.2 Å². The van der Waals surface area contributed by atoms with Crippen molar-refractivity contribution in [3.05, 3.63) is 16.0 Å². The molecule has 5 nitrogen and oxygen atoms in total. The number of rotatable bonds is 0. The van der Waals surface area contributed by atoms with Gasteiger partial charge in [-0.15, -0.1) is 0 Å². The van der Waals surface area contributed by atoms with Crippen LogP contribution in [0, 0.1) is 22.7 Å². The van der Waals surface area contributed by atoms with Crippen LogP contribution in [-0.4, -0.2) is 9.97 Å². The zero-order valence-electron chi connectivity index (χ0n) is 5.74. The van der Waals surface area contributed by atoms with E-state index in [2.05, 4.69) is 25.9 Å². The van der Waals surface area contributed by atoms with Crippen LogP contribution < -0.4 is 5.73 Å². The van der Waals surface area contributed by atoms with Crippen LogP contribution in [0.25, 0.3) is 0 Å². The van der Waals surface area contributed by atoms with Gasteiger partial charge in [-0.25, -0.2) is 9.97 Å². The SMILES string of the molecule is N#Cc1nc(Br)c(C#N)nc1N. The van der Waals surface area contributed by atoms with Crippen molar-refractivity contribution in [2.45, 2.75) is 0 Å². The van der Waals surface area contributed by atoms with Crippen LogP contribution in [-0.2, 0) is 0 Å². The molecule has 0 aromatic carbocycles. The second-order valence-electron chi connectivity index (χ2n) is 1.82. The first-order valence-corrected chi connectivity index (χ1v) is 3.61. The van der Waals surface area contributed by atoms with E-state index in [-0.39, 0.29) is 21.8 Å². The summed E-state index contributed by atoms with van der Waals surface area (Å²) >= 11 is 2.98. The number of nitrogens with two attached hydrogens (primary N) is 1. The summed E-state index contributed by atoms with van der Waals surface area (Å²) in [5.74, 6) is -0.0303. The van der Waals surface area contributed by atoms with E-state index in [0.29, 0.717) is 0 Å². The minimum absolute atomic E-state index is 0.0147. The summed E-state index contributed by atoms with van der Waals surface area (Å²) in [4.78, 5) is 7.35. The Hall–Kier alpha value is -1.66. The highest BCUT2D eigenvalue weighted by Crippen LogP contribution is 2.14. The summed E-state index contributed by atoms with van der Waals surface area (Å²) in [6.07, 6.45) is 0. The molecule has 1 heterocycles. The Kier molecular flexibility index (Phi) is 2.22. The average molecular weight is 224 g/mol. The maximum Gasteiger partial charge on any atom is 0.183 e. The number of halogens is 1. The number of hydrogen-bond acceptors (Lipinski definition) is 5. The van der Waals surface area contributed by atoms with E-state index in [1.165, 1.54) is 0 Å². The fourth-order valence-corrected chi connectivity index (χ4v) is 0.936. The molecule has 1 rings (SSSR count). The molecule has 6 heteroatoms. The van der Waals surface area contributed by atoms with Crippen molar-refractivity contribution in [2.75, 3.05) is 5.73 Å². The lowest BCUT2D eigenvalue weighted by Crippen LogP contribution is -2.01. The number of nitrogens with zero attached hydrogens (tertiary/aromatic N) is 4. The van der Waals surface area contributed by atoms with Gasteiger partial charge in [-0.3, -0.25) is 0 Å². The van der Waals surface area contributed by atoms with Crippen molar-refractivity contribution in [2.24, 2.45) is 0 Å². The molecule has 0 amide bonds. The van der Waals surface area contributed by atoms with Gasteiger partial charge >= 0.3 is 0 Å². The van der Waals surface area contributed by atoms with Gasteiger partial charge in [0, 0.05) is 0 Å². The molecule has 0 saturated carbocycles. The lowest BCUT2D eigenvalue weighted by Gasteiger charge is -1.96. The third kappa shape index (κ3) is 1.34. The van der Waals surface area contributed by atoms with E-state index >= 15 is 0 Å². The highest BCUT2D eigenvalue weighted by Gasteiger charge is 2.07.